The Hall–Kier alpha value is -2.83. The van der Waals surface area contributed by atoms with Crippen LogP contribution in [0, 0.1) is 0 Å². The Labute approximate surface area is 127 Å². The summed E-state index contributed by atoms with van der Waals surface area (Å²) < 4.78 is 12.1. The fourth-order valence-corrected chi connectivity index (χ4v) is 1.72. The summed E-state index contributed by atoms with van der Waals surface area (Å²) >= 11 is 0. The standard InChI is InChI=1S/C15H17N3O4/c1-10(15(16)20)21-12-3-5-13(6-4-12)22-14(19)9-11-7-8-18(2)17-11/h3-8,10H,9H2,1-2H3,(H2,16,20)/t10-/m0/s1. The number of carbonyl (C=O) groups excluding carboxylic acids is 2. The third kappa shape index (κ3) is 4.34. The Morgan fingerprint density at radius 1 is 1.23 bits per heavy atom. The number of rotatable bonds is 6. The van der Waals surface area contributed by atoms with Crippen LogP contribution in [0.3, 0.4) is 0 Å². The summed E-state index contributed by atoms with van der Waals surface area (Å²) in [5, 5.41) is 4.11. The van der Waals surface area contributed by atoms with Crippen molar-refractivity contribution in [3.63, 3.8) is 0 Å². The molecule has 1 atom stereocenters. The van der Waals surface area contributed by atoms with Gasteiger partial charge in [-0.3, -0.25) is 14.3 Å². The molecule has 7 nitrogen and oxygen atoms in total. The molecule has 0 spiro atoms. The summed E-state index contributed by atoms with van der Waals surface area (Å²) in [7, 11) is 1.78. The molecule has 1 aromatic heterocycles. The van der Waals surface area contributed by atoms with Crippen molar-refractivity contribution in [3.8, 4) is 11.5 Å². The number of hydrogen-bond donors (Lipinski definition) is 1. The fraction of sp³-hybridized carbons (Fsp3) is 0.267. The average molecular weight is 303 g/mol. The fourth-order valence-electron chi connectivity index (χ4n) is 1.72. The summed E-state index contributed by atoms with van der Waals surface area (Å²) in [5.41, 5.74) is 5.76. The van der Waals surface area contributed by atoms with E-state index in [1.165, 1.54) is 0 Å². The van der Waals surface area contributed by atoms with Crippen molar-refractivity contribution in [1.82, 2.24) is 9.78 Å². The lowest BCUT2D eigenvalue weighted by Crippen LogP contribution is -2.30. The normalized spacial score (nSPS) is 11.7. The zero-order chi connectivity index (χ0) is 16.1. The van der Waals surface area contributed by atoms with Crippen LogP contribution in [0.15, 0.2) is 36.5 Å². The lowest BCUT2D eigenvalue weighted by Gasteiger charge is -2.11. The average Bonchev–Trinajstić information content (AvgIpc) is 2.86. The van der Waals surface area contributed by atoms with Gasteiger partial charge in [0.05, 0.1) is 12.1 Å². The second kappa shape index (κ2) is 6.75. The van der Waals surface area contributed by atoms with E-state index in [4.69, 9.17) is 15.2 Å². The van der Waals surface area contributed by atoms with Gasteiger partial charge in [-0.25, -0.2) is 0 Å². The number of amides is 1. The summed E-state index contributed by atoms with van der Waals surface area (Å²) in [4.78, 5) is 22.7. The molecule has 0 unspecified atom stereocenters. The van der Waals surface area contributed by atoms with Crippen LogP contribution in [0.4, 0.5) is 0 Å². The van der Waals surface area contributed by atoms with Crippen LogP contribution < -0.4 is 15.2 Å². The summed E-state index contributed by atoms with van der Waals surface area (Å²) in [5.74, 6) is -0.0976. The number of hydrogen-bond acceptors (Lipinski definition) is 5. The first-order valence-corrected chi connectivity index (χ1v) is 6.69. The number of aryl methyl sites for hydroxylation is 1. The highest BCUT2D eigenvalue weighted by molar-refractivity contribution is 5.78. The molecule has 0 aliphatic heterocycles. The van der Waals surface area contributed by atoms with E-state index in [1.54, 1.807) is 55.2 Å². The molecule has 0 saturated carbocycles. The third-order valence-corrected chi connectivity index (χ3v) is 2.86. The quantitative estimate of drug-likeness (QED) is 0.629. The van der Waals surface area contributed by atoms with Gasteiger partial charge in [-0.2, -0.15) is 5.10 Å². The van der Waals surface area contributed by atoms with Gasteiger partial charge in [-0.15, -0.1) is 0 Å². The molecule has 2 aromatic rings. The molecule has 0 bridgehead atoms. The zero-order valence-corrected chi connectivity index (χ0v) is 12.4. The topological polar surface area (TPSA) is 96.4 Å². The van der Waals surface area contributed by atoms with Crippen molar-refractivity contribution in [2.75, 3.05) is 0 Å². The van der Waals surface area contributed by atoms with Gasteiger partial charge >= 0.3 is 5.97 Å². The molecule has 116 valence electrons. The maximum absolute atomic E-state index is 11.8. The highest BCUT2D eigenvalue weighted by Gasteiger charge is 2.11. The van der Waals surface area contributed by atoms with Crippen molar-refractivity contribution >= 4 is 11.9 Å². The minimum absolute atomic E-state index is 0.0950. The van der Waals surface area contributed by atoms with Crippen LogP contribution in [0.1, 0.15) is 12.6 Å². The molecule has 0 aliphatic carbocycles. The van der Waals surface area contributed by atoms with E-state index in [-0.39, 0.29) is 6.42 Å². The number of carbonyl (C=O) groups is 2. The number of esters is 1. The van der Waals surface area contributed by atoms with Crippen molar-refractivity contribution < 1.29 is 19.1 Å². The largest absolute Gasteiger partial charge is 0.481 e. The third-order valence-electron chi connectivity index (χ3n) is 2.86. The van der Waals surface area contributed by atoms with Crippen LogP contribution in [0.5, 0.6) is 11.5 Å². The predicted octanol–water partition coefficient (Wildman–Crippen LogP) is 0.821. The predicted molar refractivity (Wildman–Crippen MR) is 78.3 cm³/mol. The Morgan fingerprint density at radius 3 is 2.41 bits per heavy atom. The highest BCUT2D eigenvalue weighted by Crippen LogP contribution is 2.19. The van der Waals surface area contributed by atoms with E-state index in [0.29, 0.717) is 17.2 Å². The maximum atomic E-state index is 11.8. The second-order valence-corrected chi connectivity index (χ2v) is 4.77. The van der Waals surface area contributed by atoms with Crippen molar-refractivity contribution in [2.45, 2.75) is 19.4 Å². The minimum atomic E-state index is -0.724. The summed E-state index contributed by atoms with van der Waals surface area (Å²) in [6, 6.07) is 8.12. The molecular weight excluding hydrogens is 286 g/mol. The molecule has 0 aliphatic rings. The smallest absolute Gasteiger partial charge is 0.317 e. The lowest BCUT2D eigenvalue weighted by molar-refractivity contribution is -0.133. The first kappa shape index (κ1) is 15.6. The SMILES string of the molecule is C[C@H](Oc1ccc(OC(=O)Cc2ccn(C)n2)cc1)C(N)=O. The van der Waals surface area contributed by atoms with Gasteiger partial charge < -0.3 is 15.2 Å². The van der Waals surface area contributed by atoms with Crippen LogP contribution in [0.2, 0.25) is 0 Å². The highest BCUT2D eigenvalue weighted by atomic mass is 16.5. The molecular formula is C15H17N3O4. The molecule has 0 fully saturated rings. The van der Waals surface area contributed by atoms with E-state index in [0.717, 1.165) is 0 Å². The summed E-state index contributed by atoms with van der Waals surface area (Å²) in [6.07, 6.45) is 1.13. The van der Waals surface area contributed by atoms with E-state index < -0.39 is 18.0 Å². The number of nitrogens with zero attached hydrogens (tertiary/aromatic N) is 2. The van der Waals surface area contributed by atoms with Gasteiger partial charge in [0, 0.05) is 13.2 Å². The second-order valence-electron chi connectivity index (χ2n) is 4.77. The minimum Gasteiger partial charge on any atom is -0.481 e. The van der Waals surface area contributed by atoms with Gasteiger partial charge in [0.1, 0.15) is 11.5 Å². The van der Waals surface area contributed by atoms with Crippen LogP contribution >= 0.6 is 0 Å². The van der Waals surface area contributed by atoms with Gasteiger partial charge in [0.25, 0.3) is 5.91 Å². The monoisotopic (exact) mass is 303 g/mol. The van der Waals surface area contributed by atoms with E-state index in [2.05, 4.69) is 5.10 Å². The molecule has 7 heteroatoms. The van der Waals surface area contributed by atoms with E-state index in [1.807, 2.05) is 0 Å². The first-order chi connectivity index (χ1) is 10.4. The number of ether oxygens (including phenoxy) is 2. The van der Waals surface area contributed by atoms with Gasteiger partial charge in [0.2, 0.25) is 0 Å². The van der Waals surface area contributed by atoms with Crippen LogP contribution in [-0.4, -0.2) is 27.8 Å². The summed E-state index contributed by atoms with van der Waals surface area (Å²) in [6.45, 7) is 1.56. The molecule has 1 amide bonds. The first-order valence-electron chi connectivity index (χ1n) is 6.69. The van der Waals surface area contributed by atoms with E-state index >= 15 is 0 Å². The van der Waals surface area contributed by atoms with E-state index in [9.17, 15) is 9.59 Å². The molecule has 0 saturated heterocycles. The molecule has 2 N–H and O–H groups in total. The number of benzene rings is 1. The number of nitrogens with two attached hydrogens (primary N) is 1. The lowest BCUT2D eigenvalue weighted by atomic mass is 10.3. The zero-order valence-electron chi connectivity index (χ0n) is 12.4. The Balaban J connectivity index is 1.90. The molecule has 1 aromatic carbocycles. The van der Waals surface area contributed by atoms with Crippen molar-refractivity contribution in [2.24, 2.45) is 12.8 Å². The van der Waals surface area contributed by atoms with Gasteiger partial charge in [-0.05, 0) is 37.3 Å². The Kier molecular flexibility index (Phi) is 4.77. The molecule has 0 radical (unpaired) electrons. The molecule has 2 rings (SSSR count). The molecule has 1 heterocycles. The van der Waals surface area contributed by atoms with Gasteiger partial charge in [-0.1, -0.05) is 0 Å². The molecule has 22 heavy (non-hydrogen) atoms. The van der Waals surface area contributed by atoms with Crippen molar-refractivity contribution in [1.29, 1.82) is 0 Å². The Morgan fingerprint density at radius 2 is 1.86 bits per heavy atom. The van der Waals surface area contributed by atoms with Crippen LogP contribution in [0.25, 0.3) is 0 Å². The maximum Gasteiger partial charge on any atom is 0.317 e. The van der Waals surface area contributed by atoms with Crippen molar-refractivity contribution in [3.05, 3.63) is 42.2 Å². The number of aromatic nitrogens is 2. The van der Waals surface area contributed by atoms with Crippen LogP contribution in [-0.2, 0) is 23.1 Å². The Bertz CT molecular complexity index is 664. The van der Waals surface area contributed by atoms with Gasteiger partial charge in [0.15, 0.2) is 6.10 Å². The number of primary amides is 1.